The van der Waals surface area contributed by atoms with E-state index in [1.807, 2.05) is 0 Å². The molecule has 1 aromatic carbocycles. The largest absolute Gasteiger partial charge is 0.391 e. The molecule has 1 aliphatic carbocycles. The van der Waals surface area contributed by atoms with Crippen LogP contribution in [0.25, 0.3) is 0 Å². The normalized spacial score (nSPS) is 17.2. The minimum atomic E-state index is -1.82. The Labute approximate surface area is 188 Å². The van der Waals surface area contributed by atoms with Gasteiger partial charge in [0.25, 0.3) is 0 Å². The number of benzene rings is 1. The average Bonchev–Trinajstić information content (AvgIpc) is 2.71. The zero-order valence-corrected chi connectivity index (χ0v) is 21.0. The Balaban J connectivity index is 2.23. The van der Waals surface area contributed by atoms with Crippen molar-refractivity contribution >= 4 is 19.6 Å². The Morgan fingerprint density at radius 2 is 1.58 bits per heavy atom. The van der Waals surface area contributed by atoms with Crippen LogP contribution < -0.4 is 0 Å². The fraction of sp³-hybridized carbons (Fsp3) is 0.615. The van der Waals surface area contributed by atoms with Crippen LogP contribution in [0.5, 0.6) is 0 Å². The summed E-state index contributed by atoms with van der Waals surface area (Å²) in [6.45, 7) is 13.8. The van der Waals surface area contributed by atoms with Crippen molar-refractivity contribution in [3.8, 4) is 11.5 Å². The first kappa shape index (κ1) is 25.3. The molecule has 0 aliphatic heterocycles. The summed E-state index contributed by atoms with van der Waals surface area (Å²) >= 11 is 0. The van der Waals surface area contributed by atoms with Crippen molar-refractivity contribution < 1.29 is 14.0 Å². The van der Waals surface area contributed by atoms with Gasteiger partial charge in [-0.1, -0.05) is 58.8 Å². The summed E-state index contributed by atoms with van der Waals surface area (Å²) in [5, 5.41) is 4.24. The summed E-state index contributed by atoms with van der Waals surface area (Å²) in [4.78, 5) is 18.0. The van der Waals surface area contributed by atoms with E-state index in [4.69, 9.17) is 4.84 Å². The number of rotatable bonds is 8. The van der Waals surface area contributed by atoms with Crippen molar-refractivity contribution in [2.24, 2.45) is 5.16 Å². The van der Waals surface area contributed by atoms with E-state index in [2.05, 4.69) is 58.2 Å². The zero-order valence-electron chi connectivity index (χ0n) is 20.0. The van der Waals surface area contributed by atoms with Crippen molar-refractivity contribution in [2.45, 2.75) is 103 Å². The van der Waals surface area contributed by atoms with Crippen LogP contribution in [-0.4, -0.2) is 25.7 Å². The standard InChI is InChI=1S/C26H38FNO2Si/c1-19(2)31(20(3)4,21(5)6)17-9-10-24(18-22-13-15-23(27)16-14-22)30-28-25-11-7-8-12-26(25)29/h13-16,19-21,24H,7-8,10-12,18H2,1-6H3/b28-25+. The molecule has 1 unspecified atom stereocenters. The molecule has 1 fully saturated rings. The lowest BCUT2D eigenvalue weighted by Gasteiger charge is -2.38. The highest BCUT2D eigenvalue weighted by Gasteiger charge is 2.41. The fourth-order valence-corrected chi connectivity index (χ4v) is 10.2. The van der Waals surface area contributed by atoms with E-state index >= 15 is 0 Å². The maximum absolute atomic E-state index is 13.3. The second-order valence-electron chi connectivity index (χ2n) is 9.63. The molecule has 0 amide bonds. The number of Topliss-reactive ketones (excluding diaryl/α,β-unsaturated/α-hetero) is 1. The van der Waals surface area contributed by atoms with Gasteiger partial charge in [-0.15, -0.1) is 11.5 Å². The molecule has 0 radical (unpaired) electrons. The quantitative estimate of drug-likeness (QED) is 0.250. The number of hydrogen-bond acceptors (Lipinski definition) is 3. The van der Waals surface area contributed by atoms with E-state index < -0.39 is 8.07 Å². The van der Waals surface area contributed by atoms with Crippen LogP contribution in [-0.2, 0) is 16.1 Å². The highest BCUT2D eigenvalue weighted by atomic mass is 28.3. The van der Waals surface area contributed by atoms with Crippen molar-refractivity contribution in [1.82, 2.24) is 0 Å². The van der Waals surface area contributed by atoms with E-state index in [1.165, 1.54) is 12.1 Å². The number of carbonyl (C=O) groups is 1. The van der Waals surface area contributed by atoms with Gasteiger partial charge in [0, 0.05) is 19.3 Å². The molecule has 1 aliphatic rings. The number of oxime groups is 1. The first-order chi connectivity index (χ1) is 14.7. The second-order valence-corrected chi connectivity index (χ2v) is 15.2. The molecule has 1 aromatic rings. The van der Waals surface area contributed by atoms with Gasteiger partial charge in [-0.05, 0) is 53.6 Å². The highest BCUT2D eigenvalue weighted by Crippen LogP contribution is 2.40. The molecule has 0 aromatic heterocycles. The molecule has 0 bridgehead atoms. The van der Waals surface area contributed by atoms with E-state index in [1.54, 1.807) is 12.1 Å². The average molecular weight is 444 g/mol. The van der Waals surface area contributed by atoms with Crippen LogP contribution >= 0.6 is 0 Å². The van der Waals surface area contributed by atoms with Gasteiger partial charge in [0.15, 0.2) is 5.78 Å². The van der Waals surface area contributed by atoms with Crippen LogP contribution in [0.2, 0.25) is 16.6 Å². The number of carbonyl (C=O) groups excluding carboxylic acids is 1. The predicted molar refractivity (Wildman–Crippen MR) is 129 cm³/mol. The Morgan fingerprint density at radius 1 is 1.00 bits per heavy atom. The molecule has 1 atom stereocenters. The molecule has 0 spiro atoms. The third-order valence-corrected chi connectivity index (χ3v) is 12.9. The number of ketones is 1. The number of nitrogens with zero attached hydrogens (tertiary/aromatic N) is 1. The van der Waals surface area contributed by atoms with Gasteiger partial charge in [-0.3, -0.25) is 4.79 Å². The summed E-state index contributed by atoms with van der Waals surface area (Å²) in [5.74, 6) is 3.29. The summed E-state index contributed by atoms with van der Waals surface area (Å²) < 4.78 is 13.3. The zero-order chi connectivity index (χ0) is 23.0. The van der Waals surface area contributed by atoms with Gasteiger partial charge in [0.05, 0.1) is 0 Å². The van der Waals surface area contributed by atoms with E-state index in [-0.39, 0.29) is 17.7 Å². The SMILES string of the molecule is CC(C)[Si](C#CCC(Cc1ccc(F)cc1)O/N=C1\CCCCC1=O)(C(C)C)C(C)C. The molecular weight excluding hydrogens is 405 g/mol. The van der Waals surface area contributed by atoms with E-state index in [9.17, 15) is 9.18 Å². The summed E-state index contributed by atoms with van der Waals surface area (Å²) in [6, 6.07) is 6.46. The molecule has 0 N–H and O–H groups in total. The van der Waals surface area contributed by atoms with Crippen molar-refractivity contribution in [2.75, 3.05) is 0 Å². The maximum Gasteiger partial charge on any atom is 0.180 e. The topological polar surface area (TPSA) is 38.7 Å². The molecule has 170 valence electrons. The van der Waals surface area contributed by atoms with Gasteiger partial charge in [-0.25, -0.2) is 4.39 Å². The number of halogens is 1. The smallest absolute Gasteiger partial charge is 0.180 e. The minimum Gasteiger partial charge on any atom is -0.391 e. The molecule has 1 saturated carbocycles. The van der Waals surface area contributed by atoms with Crippen molar-refractivity contribution in [3.05, 3.63) is 35.6 Å². The lowest BCUT2D eigenvalue weighted by atomic mass is 9.97. The predicted octanol–water partition coefficient (Wildman–Crippen LogP) is 6.86. The van der Waals surface area contributed by atoms with Crippen LogP contribution in [0.15, 0.2) is 29.4 Å². The lowest BCUT2D eigenvalue weighted by molar-refractivity contribution is -0.113. The Morgan fingerprint density at radius 3 is 2.13 bits per heavy atom. The van der Waals surface area contributed by atoms with Crippen molar-refractivity contribution in [1.29, 1.82) is 0 Å². The van der Waals surface area contributed by atoms with Gasteiger partial charge in [0.1, 0.15) is 25.7 Å². The fourth-order valence-electron chi connectivity index (χ4n) is 4.88. The molecule has 2 rings (SSSR count). The summed E-state index contributed by atoms with van der Waals surface area (Å²) in [6.07, 6.45) is 3.99. The van der Waals surface area contributed by atoms with Crippen LogP contribution in [0.1, 0.15) is 79.2 Å². The molecule has 0 heterocycles. The molecule has 3 nitrogen and oxygen atoms in total. The van der Waals surface area contributed by atoms with Crippen LogP contribution in [0.4, 0.5) is 4.39 Å². The van der Waals surface area contributed by atoms with Gasteiger partial charge >= 0.3 is 0 Å². The summed E-state index contributed by atoms with van der Waals surface area (Å²) in [5.41, 5.74) is 6.95. The first-order valence-electron chi connectivity index (χ1n) is 11.7. The first-order valence-corrected chi connectivity index (χ1v) is 13.9. The third-order valence-electron chi connectivity index (χ3n) is 6.58. The monoisotopic (exact) mass is 443 g/mol. The Hall–Kier alpha value is -1.93. The lowest BCUT2D eigenvalue weighted by Crippen LogP contribution is -2.43. The molecule has 31 heavy (non-hydrogen) atoms. The van der Waals surface area contributed by atoms with Gasteiger partial charge in [-0.2, -0.15) is 0 Å². The van der Waals surface area contributed by atoms with E-state index in [0.717, 1.165) is 18.4 Å². The third kappa shape index (κ3) is 6.77. The molecule has 0 saturated heterocycles. The van der Waals surface area contributed by atoms with Gasteiger partial charge < -0.3 is 4.84 Å². The maximum atomic E-state index is 13.3. The van der Waals surface area contributed by atoms with Crippen LogP contribution in [0.3, 0.4) is 0 Å². The van der Waals surface area contributed by atoms with Crippen LogP contribution in [0, 0.1) is 17.3 Å². The van der Waals surface area contributed by atoms with E-state index in [0.29, 0.717) is 48.0 Å². The highest BCUT2D eigenvalue weighted by molar-refractivity contribution is 6.90. The number of hydrogen-bond donors (Lipinski definition) is 0. The van der Waals surface area contributed by atoms with Crippen molar-refractivity contribution in [3.63, 3.8) is 0 Å². The molecular formula is C26H38FNO2Si. The second kappa shape index (κ2) is 11.6. The Bertz CT molecular complexity index is 796. The minimum absolute atomic E-state index is 0.0868. The molecule has 5 heteroatoms. The van der Waals surface area contributed by atoms with Gasteiger partial charge in [0.2, 0.25) is 0 Å². The Kier molecular flexibility index (Phi) is 9.49. The summed E-state index contributed by atoms with van der Waals surface area (Å²) in [7, 11) is -1.82.